The van der Waals surface area contributed by atoms with E-state index in [1.807, 2.05) is 23.1 Å². The third kappa shape index (κ3) is 3.56. The number of para-hydroxylation sites is 1. The van der Waals surface area contributed by atoms with Crippen molar-refractivity contribution in [1.82, 2.24) is 4.57 Å². The highest BCUT2D eigenvalue weighted by atomic mass is 32.2. The van der Waals surface area contributed by atoms with Crippen molar-refractivity contribution >= 4 is 81.5 Å². The largest absolute Gasteiger partial charge is 0.398 e. The summed E-state index contributed by atoms with van der Waals surface area (Å²) in [5.41, 5.74) is 12.4. The minimum atomic E-state index is 0.848. The van der Waals surface area contributed by atoms with Crippen molar-refractivity contribution in [3.63, 3.8) is 0 Å². The van der Waals surface area contributed by atoms with Crippen LogP contribution in [0.5, 0.6) is 0 Å². The van der Waals surface area contributed by atoms with Crippen LogP contribution >= 0.6 is 23.1 Å². The minimum Gasteiger partial charge on any atom is -0.398 e. The van der Waals surface area contributed by atoms with E-state index < -0.39 is 0 Å². The van der Waals surface area contributed by atoms with Gasteiger partial charge in [0.2, 0.25) is 0 Å². The van der Waals surface area contributed by atoms with Gasteiger partial charge in [-0.3, -0.25) is 0 Å². The monoisotopic (exact) mass is 536 g/mol. The Morgan fingerprint density at radius 3 is 2.31 bits per heavy atom. The smallest absolute Gasteiger partial charge is 0.0619 e. The van der Waals surface area contributed by atoms with Crippen LogP contribution < -0.4 is 5.73 Å². The molecule has 0 spiro atoms. The summed E-state index contributed by atoms with van der Waals surface area (Å²) in [5.74, 6) is 0.848. The van der Waals surface area contributed by atoms with Gasteiger partial charge >= 0.3 is 0 Å². The summed E-state index contributed by atoms with van der Waals surface area (Å²) < 4.78 is 5.03. The fourth-order valence-corrected chi connectivity index (χ4v) is 8.14. The first-order valence-corrected chi connectivity index (χ1v) is 14.9. The SMILES string of the molecule is Nc1ccc2sc3ccccc3c2c1SCc1ccc2c3ccc4ccccc4c3n(-c3ccccc3)c2c1. The van der Waals surface area contributed by atoms with Gasteiger partial charge in [0.25, 0.3) is 0 Å². The summed E-state index contributed by atoms with van der Waals surface area (Å²) in [7, 11) is 0. The van der Waals surface area contributed by atoms with Gasteiger partial charge in [-0.1, -0.05) is 84.9 Å². The van der Waals surface area contributed by atoms with Gasteiger partial charge < -0.3 is 10.3 Å². The summed E-state index contributed by atoms with van der Waals surface area (Å²) >= 11 is 3.68. The molecule has 0 saturated carbocycles. The van der Waals surface area contributed by atoms with Gasteiger partial charge in [-0.25, -0.2) is 0 Å². The second kappa shape index (κ2) is 8.91. The number of rotatable bonds is 4. The lowest BCUT2D eigenvalue weighted by Gasteiger charge is -2.11. The molecule has 0 aliphatic heterocycles. The summed E-state index contributed by atoms with van der Waals surface area (Å²) in [6.07, 6.45) is 0. The maximum absolute atomic E-state index is 6.58. The van der Waals surface area contributed by atoms with Gasteiger partial charge in [-0.15, -0.1) is 23.1 Å². The molecule has 6 aromatic carbocycles. The number of fused-ring (bicyclic) bond motifs is 8. The number of hydrogen-bond donors (Lipinski definition) is 1. The molecule has 8 aromatic rings. The van der Waals surface area contributed by atoms with Crippen LogP contribution in [0.1, 0.15) is 5.56 Å². The fraction of sp³-hybridized carbons (Fsp3) is 0.0286. The molecule has 2 nitrogen and oxygen atoms in total. The molecule has 2 N–H and O–H groups in total. The van der Waals surface area contributed by atoms with Gasteiger partial charge in [-0.2, -0.15) is 0 Å². The Labute approximate surface area is 234 Å². The van der Waals surface area contributed by atoms with Crippen LogP contribution in [0.4, 0.5) is 5.69 Å². The molecule has 8 rings (SSSR count). The van der Waals surface area contributed by atoms with Gasteiger partial charge in [0.05, 0.1) is 11.0 Å². The molecule has 2 aromatic heterocycles. The van der Waals surface area contributed by atoms with Gasteiger partial charge in [0.15, 0.2) is 0 Å². The predicted molar refractivity (Wildman–Crippen MR) is 172 cm³/mol. The molecule has 0 bridgehead atoms. The van der Waals surface area contributed by atoms with Gasteiger partial charge in [-0.05, 0) is 47.3 Å². The standard InChI is InChI=1S/C35H24N2S2/c36-29-18-19-32-33(28-12-6-7-13-31(28)39-32)35(29)38-21-22-14-16-26-27-17-15-23-8-4-5-11-25(23)34(27)37(30(26)20-22)24-9-2-1-3-10-24/h1-20H,21,36H2. The van der Waals surface area contributed by atoms with Gasteiger partial charge in [0.1, 0.15) is 0 Å². The molecule has 0 radical (unpaired) electrons. The Balaban J connectivity index is 1.30. The maximum atomic E-state index is 6.58. The Morgan fingerprint density at radius 2 is 1.41 bits per heavy atom. The molecule has 0 atom stereocenters. The number of aromatic nitrogens is 1. The van der Waals surface area contributed by atoms with E-state index >= 15 is 0 Å². The van der Waals surface area contributed by atoms with Crippen molar-refractivity contribution in [2.24, 2.45) is 0 Å². The van der Waals surface area contributed by atoms with Crippen LogP contribution in [-0.4, -0.2) is 4.57 Å². The summed E-state index contributed by atoms with van der Waals surface area (Å²) in [6.45, 7) is 0. The van der Waals surface area contributed by atoms with E-state index in [0.717, 1.165) is 11.4 Å². The van der Waals surface area contributed by atoms with Crippen LogP contribution in [0.15, 0.2) is 126 Å². The normalized spacial score (nSPS) is 11.9. The topological polar surface area (TPSA) is 30.9 Å². The van der Waals surface area contributed by atoms with E-state index in [0.29, 0.717) is 0 Å². The first-order valence-electron chi connectivity index (χ1n) is 13.1. The first kappa shape index (κ1) is 22.7. The number of thiophene rings is 1. The number of hydrogen-bond acceptors (Lipinski definition) is 3. The van der Waals surface area contributed by atoms with Crippen molar-refractivity contribution in [3.8, 4) is 5.69 Å². The number of thioether (sulfide) groups is 1. The first-order chi connectivity index (χ1) is 19.3. The van der Waals surface area contributed by atoms with E-state index in [1.165, 1.54) is 68.9 Å². The lowest BCUT2D eigenvalue weighted by molar-refractivity contribution is 1.18. The zero-order valence-corrected chi connectivity index (χ0v) is 22.7. The molecule has 0 aliphatic carbocycles. The Bertz CT molecular complexity index is 2190. The molecule has 0 saturated heterocycles. The second-order valence-corrected chi connectivity index (χ2v) is 12.0. The number of nitrogens with zero attached hydrogens (tertiary/aromatic N) is 1. The average molecular weight is 537 g/mol. The molecule has 2 heterocycles. The molecule has 186 valence electrons. The molecular weight excluding hydrogens is 513 g/mol. The predicted octanol–water partition coefficient (Wildman–Crippen LogP) is 10.2. The third-order valence-electron chi connectivity index (χ3n) is 7.64. The number of nitrogens with two attached hydrogens (primary N) is 1. The van der Waals surface area contributed by atoms with Gasteiger partial charge in [0, 0.05) is 58.4 Å². The molecule has 0 unspecified atom stereocenters. The van der Waals surface area contributed by atoms with E-state index in [4.69, 9.17) is 5.73 Å². The van der Waals surface area contributed by atoms with Crippen LogP contribution in [-0.2, 0) is 5.75 Å². The molecular formula is C35H24N2S2. The third-order valence-corrected chi connectivity index (χ3v) is 9.98. The average Bonchev–Trinajstić information content (AvgIpc) is 3.53. The van der Waals surface area contributed by atoms with Crippen molar-refractivity contribution in [1.29, 1.82) is 0 Å². The van der Waals surface area contributed by atoms with Crippen LogP contribution in [0.2, 0.25) is 0 Å². The van der Waals surface area contributed by atoms with Crippen molar-refractivity contribution < 1.29 is 0 Å². The number of benzene rings is 6. The summed E-state index contributed by atoms with van der Waals surface area (Å²) in [6, 6.07) is 43.7. The summed E-state index contributed by atoms with van der Waals surface area (Å²) in [4.78, 5) is 1.18. The lowest BCUT2D eigenvalue weighted by Crippen LogP contribution is -1.95. The highest BCUT2D eigenvalue weighted by Gasteiger charge is 2.17. The van der Waals surface area contributed by atoms with Crippen molar-refractivity contribution in [3.05, 3.63) is 127 Å². The Hall–Kier alpha value is -4.25. The Kier molecular flexibility index (Phi) is 5.19. The number of anilines is 1. The quantitative estimate of drug-likeness (QED) is 0.179. The van der Waals surface area contributed by atoms with E-state index in [9.17, 15) is 0 Å². The summed E-state index contributed by atoms with van der Waals surface area (Å²) in [5, 5.41) is 7.66. The van der Waals surface area contributed by atoms with E-state index in [-0.39, 0.29) is 0 Å². The molecule has 0 fully saturated rings. The zero-order chi connectivity index (χ0) is 25.9. The van der Waals surface area contributed by atoms with Crippen molar-refractivity contribution in [2.75, 3.05) is 5.73 Å². The van der Waals surface area contributed by atoms with E-state index in [1.54, 1.807) is 0 Å². The highest BCUT2D eigenvalue weighted by Crippen LogP contribution is 2.44. The van der Waals surface area contributed by atoms with E-state index in [2.05, 4.69) is 126 Å². The molecule has 39 heavy (non-hydrogen) atoms. The molecule has 4 heteroatoms. The molecule has 0 aliphatic rings. The van der Waals surface area contributed by atoms with Crippen LogP contribution in [0.3, 0.4) is 0 Å². The number of nitrogen functional groups attached to an aromatic ring is 1. The minimum absolute atomic E-state index is 0.848. The fourth-order valence-electron chi connectivity index (χ4n) is 5.87. The highest BCUT2D eigenvalue weighted by molar-refractivity contribution is 7.99. The van der Waals surface area contributed by atoms with Crippen LogP contribution in [0.25, 0.3) is 58.4 Å². The lowest BCUT2D eigenvalue weighted by atomic mass is 10.1. The maximum Gasteiger partial charge on any atom is 0.0619 e. The van der Waals surface area contributed by atoms with Crippen molar-refractivity contribution in [2.45, 2.75) is 10.6 Å². The molecule has 0 amide bonds. The van der Waals surface area contributed by atoms with Crippen LogP contribution in [0, 0.1) is 0 Å². The Morgan fingerprint density at radius 1 is 0.641 bits per heavy atom. The second-order valence-electron chi connectivity index (χ2n) is 9.95. The zero-order valence-electron chi connectivity index (χ0n) is 21.1.